The Bertz CT molecular complexity index is 341. The molecule has 0 aliphatic carbocycles. The van der Waals surface area contributed by atoms with E-state index in [0.29, 0.717) is 17.8 Å². The molecule has 0 spiro atoms. The van der Waals surface area contributed by atoms with E-state index in [4.69, 9.17) is 4.74 Å². The predicted octanol–water partition coefficient (Wildman–Crippen LogP) is 2.50. The zero-order valence-corrected chi connectivity index (χ0v) is 10.7. The molecule has 1 aliphatic rings. The molecule has 0 saturated heterocycles. The van der Waals surface area contributed by atoms with E-state index < -0.39 is 0 Å². The van der Waals surface area contributed by atoms with Gasteiger partial charge in [-0.15, -0.1) is 0 Å². The molecule has 0 aromatic heterocycles. The summed E-state index contributed by atoms with van der Waals surface area (Å²) in [6, 6.07) is 0. The van der Waals surface area contributed by atoms with Gasteiger partial charge in [-0.05, 0) is 20.8 Å². The fourth-order valence-corrected chi connectivity index (χ4v) is 1.95. The van der Waals surface area contributed by atoms with E-state index in [0.717, 1.165) is 0 Å². The molecule has 0 aromatic carbocycles. The largest absolute Gasteiger partial charge is 0.493 e. The van der Waals surface area contributed by atoms with E-state index in [2.05, 4.69) is 0 Å². The highest BCUT2D eigenvalue weighted by Crippen LogP contribution is 2.30. The number of rotatable bonds is 3. The highest BCUT2D eigenvalue weighted by Gasteiger charge is 2.34. The standard InChI is InChI=1S/C13H20O3/c1-6-11(14)8(3)13-9(4)12(15)7(2)10(5)16-13/h7-8,10H,6H2,1-5H3. The van der Waals surface area contributed by atoms with Crippen LogP contribution in [-0.4, -0.2) is 17.7 Å². The van der Waals surface area contributed by atoms with Crippen molar-refractivity contribution in [1.82, 2.24) is 0 Å². The molecule has 3 unspecified atom stereocenters. The fraction of sp³-hybridized carbons (Fsp3) is 0.692. The zero-order chi connectivity index (χ0) is 12.5. The monoisotopic (exact) mass is 224 g/mol. The van der Waals surface area contributed by atoms with Crippen LogP contribution in [0.15, 0.2) is 11.3 Å². The van der Waals surface area contributed by atoms with Crippen molar-refractivity contribution in [3.63, 3.8) is 0 Å². The average molecular weight is 224 g/mol. The summed E-state index contributed by atoms with van der Waals surface area (Å²) in [4.78, 5) is 23.5. The van der Waals surface area contributed by atoms with Crippen molar-refractivity contribution in [3.8, 4) is 0 Å². The van der Waals surface area contributed by atoms with Crippen LogP contribution in [0.1, 0.15) is 41.0 Å². The van der Waals surface area contributed by atoms with Gasteiger partial charge in [0.2, 0.25) is 0 Å². The lowest BCUT2D eigenvalue weighted by atomic mass is 9.88. The van der Waals surface area contributed by atoms with Crippen molar-refractivity contribution >= 4 is 11.6 Å². The van der Waals surface area contributed by atoms with Crippen LogP contribution in [0.2, 0.25) is 0 Å². The second-order valence-corrected chi connectivity index (χ2v) is 4.51. The lowest BCUT2D eigenvalue weighted by Crippen LogP contribution is -2.35. The van der Waals surface area contributed by atoms with Crippen molar-refractivity contribution in [2.24, 2.45) is 11.8 Å². The van der Waals surface area contributed by atoms with Crippen molar-refractivity contribution in [3.05, 3.63) is 11.3 Å². The summed E-state index contributed by atoms with van der Waals surface area (Å²) in [5.41, 5.74) is 0.611. The Morgan fingerprint density at radius 1 is 1.44 bits per heavy atom. The number of carbonyl (C=O) groups excluding carboxylic acids is 2. The van der Waals surface area contributed by atoms with Gasteiger partial charge in [0.25, 0.3) is 0 Å². The van der Waals surface area contributed by atoms with Crippen LogP contribution < -0.4 is 0 Å². The molecule has 3 heteroatoms. The van der Waals surface area contributed by atoms with Crippen LogP contribution >= 0.6 is 0 Å². The van der Waals surface area contributed by atoms with Crippen LogP contribution in [0.4, 0.5) is 0 Å². The predicted molar refractivity (Wildman–Crippen MR) is 61.9 cm³/mol. The number of Topliss-reactive ketones (excluding diaryl/α,β-unsaturated/α-hetero) is 2. The molecule has 0 amide bonds. The van der Waals surface area contributed by atoms with E-state index in [1.54, 1.807) is 13.8 Å². The van der Waals surface area contributed by atoms with Crippen molar-refractivity contribution in [2.45, 2.75) is 47.1 Å². The third-order valence-corrected chi connectivity index (χ3v) is 3.39. The smallest absolute Gasteiger partial charge is 0.168 e. The van der Waals surface area contributed by atoms with Crippen LogP contribution in [0.25, 0.3) is 0 Å². The van der Waals surface area contributed by atoms with Gasteiger partial charge in [-0.25, -0.2) is 0 Å². The van der Waals surface area contributed by atoms with Gasteiger partial charge in [0, 0.05) is 12.0 Å². The quantitative estimate of drug-likeness (QED) is 0.739. The lowest BCUT2D eigenvalue weighted by molar-refractivity contribution is -0.127. The minimum atomic E-state index is -0.302. The molecule has 0 N–H and O–H groups in total. The fourth-order valence-electron chi connectivity index (χ4n) is 1.95. The van der Waals surface area contributed by atoms with E-state index in [1.807, 2.05) is 20.8 Å². The number of carbonyl (C=O) groups is 2. The summed E-state index contributed by atoms with van der Waals surface area (Å²) < 4.78 is 5.70. The second-order valence-electron chi connectivity index (χ2n) is 4.51. The van der Waals surface area contributed by atoms with Gasteiger partial charge < -0.3 is 4.74 Å². The molecule has 16 heavy (non-hydrogen) atoms. The Balaban J connectivity index is 3.03. The van der Waals surface area contributed by atoms with Gasteiger partial charge in [-0.1, -0.05) is 13.8 Å². The molecule has 1 rings (SSSR count). The number of hydrogen-bond donors (Lipinski definition) is 0. The maximum absolute atomic E-state index is 11.9. The summed E-state index contributed by atoms with van der Waals surface area (Å²) in [6.45, 7) is 9.11. The third kappa shape index (κ3) is 2.18. The second kappa shape index (κ2) is 4.81. The summed E-state index contributed by atoms with van der Waals surface area (Å²) in [6.07, 6.45) is 0.331. The number of ketones is 2. The normalized spacial score (nSPS) is 27.7. The summed E-state index contributed by atoms with van der Waals surface area (Å²) in [5, 5.41) is 0. The Labute approximate surface area is 96.9 Å². The number of ether oxygens (including phenoxy) is 1. The van der Waals surface area contributed by atoms with Gasteiger partial charge in [0.15, 0.2) is 5.78 Å². The van der Waals surface area contributed by atoms with Crippen molar-refractivity contribution in [1.29, 1.82) is 0 Å². The van der Waals surface area contributed by atoms with E-state index in [-0.39, 0.29) is 29.5 Å². The summed E-state index contributed by atoms with van der Waals surface area (Å²) >= 11 is 0. The van der Waals surface area contributed by atoms with Gasteiger partial charge >= 0.3 is 0 Å². The Morgan fingerprint density at radius 2 is 2.00 bits per heavy atom. The zero-order valence-electron chi connectivity index (χ0n) is 10.7. The Kier molecular flexibility index (Phi) is 3.89. The summed E-state index contributed by atoms with van der Waals surface area (Å²) in [5.74, 6) is 0.368. The molecule has 3 nitrogen and oxygen atoms in total. The van der Waals surface area contributed by atoms with Gasteiger partial charge in [0.1, 0.15) is 17.6 Å². The van der Waals surface area contributed by atoms with Crippen molar-refractivity contribution in [2.75, 3.05) is 0 Å². The Morgan fingerprint density at radius 3 is 2.50 bits per heavy atom. The maximum Gasteiger partial charge on any atom is 0.168 e. The first kappa shape index (κ1) is 12.9. The first-order valence-electron chi connectivity index (χ1n) is 5.84. The number of hydrogen-bond acceptors (Lipinski definition) is 3. The SMILES string of the molecule is CCC(=O)C(C)C1=C(C)C(=O)C(C)C(C)O1. The molecule has 1 aliphatic heterocycles. The molecule has 0 aromatic rings. The third-order valence-electron chi connectivity index (χ3n) is 3.39. The lowest BCUT2D eigenvalue weighted by Gasteiger charge is -2.31. The molecular formula is C13H20O3. The van der Waals surface area contributed by atoms with Crippen LogP contribution in [0.5, 0.6) is 0 Å². The van der Waals surface area contributed by atoms with E-state index >= 15 is 0 Å². The molecular weight excluding hydrogens is 204 g/mol. The van der Waals surface area contributed by atoms with E-state index in [9.17, 15) is 9.59 Å². The van der Waals surface area contributed by atoms with Gasteiger partial charge in [-0.3, -0.25) is 9.59 Å². The van der Waals surface area contributed by atoms with Crippen molar-refractivity contribution < 1.29 is 14.3 Å². The maximum atomic E-state index is 11.9. The number of allylic oxidation sites excluding steroid dienone is 2. The van der Waals surface area contributed by atoms with Gasteiger partial charge in [0.05, 0.1) is 11.8 Å². The first-order chi connectivity index (χ1) is 7.40. The summed E-state index contributed by atoms with van der Waals surface area (Å²) in [7, 11) is 0. The van der Waals surface area contributed by atoms with Gasteiger partial charge in [-0.2, -0.15) is 0 Å². The molecule has 0 saturated carbocycles. The molecule has 3 atom stereocenters. The minimum Gasteiger partial charge on any atom is -0.493 e. The Hall–Kier alpha value is -1.12. The van der Waals surface area contributed by atoms with Crippen LogP contribution in [0, 0.1) is 11.8 Å². The molecule has 0 radical (unpaired) electrons. The van der Waals surface area contributed by atoms with Crippen LogP contribution in [-0.2, 0) is 14.3 Å². The molecule has 90 valence electrons. The topological polar surface area (TPSA) is 43.4 Å². The highest BCUT2D eigenvalue weighted by atomic mass is 16.5. The first-order valence-corrected chi connectivity index (χ1v) is 5.84. The molecule has 1 heterocycles. The van der Waals surface area contributed by atoms with Crippen LogP contribution in [0.3, 0.4) is 0 Å². The molecule has 0 bridgehead atoms. The highest BCUT2D eigenvalue weighted by molar-refractivity contribution is 5.99. The van der Waals surface area contributed by atoms with E-state index in [1.165, 1.54) is 0 Å². The molecule has 0 fully saturated rings. The average Bonchev–Trinajstić information content (AvgIpc) is 2.29. The minimum absolute atomic E-state index is 0.101.